The van der Waals surface area contributed by atoms with E-state index < -0.39 is 16.1 Å². The number of carbonyl (C=O) groups is 2. The summed E-state index contributed by atoms with van der Waals surface area (Å²) in [5.41, 5.74) is 1.18. The summed E-state index contributed by atoms with van der Waals surface area (Å²) in [6.45, 7) is 2.64. The predicted octanol–water partition coefficient (Wildman–Crippen LogP) is 1.49. The van der Waals surface area contributed by atoms with E-state index in [-0.39, 0.29) is 36.2 Å². The van der Waals surface area contributed by atoms with Crippen LogP contribution in [0.15, 0.2) is 47.4 Å². The van der Waals surface area contributed by atoms with Crippen LogP contribution in [0.2, 0.25) is 0 Å². The van der Waals surface area contributed by atoms with Gasteiger partial charge >= 0.3 is 0 Å². The minimum Gasteiger partial charge on any atom is -0.497 e. The summed E-state index contributed by atoms with van der Waals surface area (Å²) >= 11 is 0. The number of benzene rings is 2. The summed E-state index contributed by atoms with van der Waals surface area (Å²) < 4.78 is 38.3. The molecule has 1 fully saturated rings. The van der Waals surface area contributed by atoms with Crippen molar-refractivity contribution >= 4 is 27.5 Å². The maximum Gasteiger partial charge on any atom is 0.265 e. The van der Waals surface area contributed by atoms with Crippen LogP contribution in [0.1, 0.15) is 12.5 Å². The predicted molar refractivity (Wildman–Crippen MR) is 117 cm³/mol. The molecule has 0 radical (unpaired) electrons. The number of rotatable bonds is 5. The van der Waals surface area contributed by atoms with E-state index in [2.05, 4.69) is 5.32 Å². The highest BCUT2D eigenvalue weighted by Crippen LogP contribution is 2.33. The van der Waals surface area contributed by atoms with Crippen molar-refractivity contribution in [2.45, 2.75) is 24.3 Å². The largest absolute Gasteiger partial charge is 0.497 e. The number of hydrogen-bond donors (Lipinski definition) is 1. The van der Waals surface area contributed by atoms with Gasteiger partial charge in [0.1, 0.15) is 11.5 Å². The Morgan fingerprint density at radius 3 is 2.62 bits per heavy atom. The fraction of sp³-hybridized carbons (Fsp3) is 0.364. The summed E-state index contributed by atoms with van der Waals surface area (Å²) in [7, 11) is -2.20. The van der Waals surface area contributed by atoms with Crippen LogP contribution in [0.25, 0.3) is 0 Å². The Kier molecular flexibility index (Phi) is 6.07. The highest BCUT2D eigenvalue weighted by molar-refractivity contribution is 7.89. The lowest BCUT2D eigenvalue weighted by molar-refractivity contribution is -0.131. The van der Waals surface area contributed by atoms with Crippen LogP contribution < -0.4 is 14.8 Å². The first-order valence-corrected chi connectivity index (χ1v) is 11.7. The smallest absolute Gasteiger partial charge is 0.265 e. The highest BCUT2D eigenvalue weighted by atomic mass is 32.2. The Morgan fingerprint density at radius 1 is 1.16 bits per heavy atom. The Hall–Kier alpha value is -3.11. The number of nitrogens with zero attached hydrogens (tertiary/aromatic N) is 2. The van der Waals surface area contributed by atoms with Gasteiger partial charge in [0.2, 0.25) is 15.9 Å². The molecule has 32 heavy (non-hydrogen) atoms. The number of hydrogen-bond acceptors (Lipinski definition) is 6. The minimum atomic E-state index is -3.77. The molecule has 1 atom stereocenters. The van der Waals surface area contributed by atoms with Crippen molar-refractivity contribution in [2.24, 2.45) is 0 Å². The molecule has 4 rings (SSSR count). The van der Waals surface area contributed by atoms with Crippen LogP contribution in [0, 0.1) is 0 Å². The normalized spacial score (nSPS) is 19.0. The summed E-state index contributed by atoms with van der Waals surface area (Å²) in [5, 5.41) is 2.67. The third kappa shape index (κ3) is 4.42. The van der Waals surface area contributed by atoms with E-state index in [1.807, 2.05) is 24.3 Å². The monoisotopic (exact) mass is 459 g/mol. The van der Waals surface area contributed by atoms with Gasteiger partial charge < -0.3 is 19.7 Å². The molecule has 10 heteroatoms. The maximum absolute atomic E-state index is 13.1. The average Bonchev–Trinajstić information content (AvgIpc) is 2.79. The molecule has 1 N–H and O–H groups in total. The van der Waals surface area contributed by atoms with Gasteiger partial charge in [0, 0.05) is 26.2 Å². The molecule has 0 bridgehead atoms. The number of nitrogens with one attached hydrogen (secondary N) is 1. The first-order chi connectivity index (χ1) is 15.3. The second kappa shape index (κ2) is 8.79. The summed E-state index contributed by atoms with van der Waals surface area (Å²) in [6.07, 6.45) is -0.403. The Morgan fingerprint density at radius 2 is 1.91 bits per heavy atom. The maximum atomic E-state index is 13.1. The molecule has 1 saturated heterocycles. The summed E-state index contributed by atoms with van der Waals surface area (Å²) in [5.74, 6) is 0.740. The first kappa shape index (κ1) is 22.1. The van der Waals surface area contributed by atoms with Gasteiger partial charge in [0.05, 0.1) is 24.1 Å². The lowest BCUT2D eigenvalue weighted by Gasteiger charge is -2.34. The highest BCUT2D eigenvalue weighted by Gasteiger charge is 2.32. The molecular weight excluding hydrogens is 434 g/mol. The van der Waals surface area contributed by atoms with Gasteiger partial charge in [0.25, 0.3) is 5.91 Å². The second-order valence-corrected chi connectivity index (χ2v) is 9.66. The molecule has 0 spiro atoms. The molecule has 1 unspecified atom stereocenters. The third-order valence-corrected chi connectivity index (χ3v) is 7.50. The second-order valence-electron chi connectivity index (χ2n) is 7.72. The van der Waals surface area contributed by atoms with Gasteiger partial charge in [-0.3, -0.25) is 9.59 Å². The molecule has 2 heterocycles. The third-order valence-electron chi connectivity index (χ3n) is 5.60. The Balaban J connectivity index is 1.40. The van der Waals surface area contributed by atoms with Crippen molar-refractivity contribution in [3.05, 3.63) is 48.0 Å². The quantitative estimate of drug-likeness (QED) is 0.726. The molecule has 9 nitrogen and oxygen atoms in total. The molecular formula is C22H25N3O6S. The van der Waals surface area contributed by atoms with Gasteiger partial charge in [0.15, 0.2) is 6.10 Å². The van der Waals surface area contributed by atoms with Crippen molar-refractivity contribution < 1.29 is 27.5 Å². The van der Waals surface area contributed by atoms with Crippen LogP contribution in [-0.2, 0) is 26.0 Å². The number of piperazine rings is 1. The molecule has 2 aromatic carbocycles. The summed E-state index contributed by atoms with van der Waals surface area (Å²) in [4.78, 5) is 26.3. The Labute approximate surface area is 187 Å². The Bertz CT molecular complexity index is 1140. The van der Waals surface area contributed by atoms with Gasteiger partial charge in [-0.25, -0.2) is 8.42 Å². The standard InChI is InChI=1S/C22H25N3O6S/c1-15-22(27)23-19-14-18(6-7-20(19)31-15)32(28,29)25-10-8-24(9-11-25)21(26)13-16-4-3-5-17(12-16)30-2/h3-7,12,14-15H,8-11,13H2,1-2H3,(H,23,27). The number of sulfonamides is 1. The molecule has 2 amide bonds. The molecule has 2 aromatic rings. The zero-order valence-corrected chi connectivity index (χ0v) is 18.7. The van der Waals surface area contributed by atoms with E-state index in [0.29, 0.717) is 30.3 Å². The fourth-order valence-electron chi connectivity index (χ4n) is 3.74. The molecule has 0 saturated carbocycles. The van der Waals surface area contributed by atoms with E-state index in [0.717, 1.165) is 5.56 Å². The van der Waals surface area contributed by atoms with Crippen LogP contribution in [-0.4, -0.2) is 68.8 Å². The molecule has 2 aliphatic heterocycles. The SMILES string of the molecule is COc1cccc(CC(=O)N2CCN(S(=O)(=O)c3ccc4c(c3)NC(=O)C(C)O4)CC2)c1. The van der Waals surface area contributed by atoms with E-state index in [1.165, 1.54) is 16.4 Å². The molecule has 0 aromatic heterocycles. The van der Waals surface area contributed by atoms with Crippen molar-refractivity contribution in [1.29, 1.82) is 0 Å². The zero-order chi connectivity index (χ0) is 22.9. The van der Waals surface area contributed by atoms with E-state index in [9.17, 15) is 18.0 Å². The van der Waals surface area contributed by atoms with Crippen LogP contribution >= 0.6 is 0 Å². The van der Waals surface area contributed by atoms with E-state index in [1.54, 1.807) is 25.0 Å². The first-order valence-electron chi connectivity index (χ1n) is 10.3. The van der Waals surface area contributed by atoms with Crippen LogP contribution in [0.3, 0.4) is 0 Å². The van der Waals surface area contributed by atoms with Crippen LogP contribution in [0.4, 0.5) is 5.69 Å². The number of methoxy groups -OCH3 is 1. The number of anilines is 1. The van der Waals surface area contributed by atoms with Crippen molar-refractivity contribution in [3.8, 4) is 11.5 Å². The summed E-state index contributed by atoms with van der Waals surface area (Å²) in [6, 6.07) is 11.8. The fourth-order valence-corrected chi connectivity index (χ4v) is 5.19. The van der Waals surface area contributed by atoms with Crippen LogP contribution in [0.5, 0.6) is 11.5 Å². The van der Waals surface area contributed by atoms with Crippen molar-refractivity contribution in [2.75, 3.05) is 38.6 Å². The number of carbonyl (C=O) groups excluding carboxylic acids is 2. The van der Waals surface area contributed by atoms with Crippen molar-refractivity contribution in [1.82, 2.24) is 9.21 Å². The van der Waals surface area contributed by atoms with Gasteiger partial charge in [-0.15, -0.1) is 0 Å². The minimum absolute atomic E-state index is 0.0573. The lowest BCUT2D eigenvalue weighted by Crippen LogP contribution is -2.50. The van der Waals surface area contributed by atoms with E-state index in [4.69, 9.17) is 9.47 Å². The number of fused-ring (bicyclic) bond motifs is 1. The lowest BCUT2D eigenvalue weighted by atomic mass is 10.1. The molecule has 2 aliphatic rings. The van der Waals surface area contributed by atoms with Gasteiger partial charge in [-0.2, -0.15) is 4.31 Å². The van der Waals surface area contributed by atoms with Gasteiger partial charge in [-0.05, 0) is 42.8 Å². The topological polar surface area (TPSA) is 105 Å². The molecule has 170 valence electrons. The number of amides is 2. The van der Waals surface area contributed by atoms with Crippen molar-refractivity contribution in [3.63, 3.8) is 0 Å². The number of ether oxygens (including phenoxy) is 2. The average molecular weight is 460 g/mol. The van der Waals surface area contributed by atoms with E-state index >= 15 is 0 Å². The molecule has 0 aliphatic carbocycles. The zero-order valence-electron chi connectivity index (χ0n) is 17.9. The van der Waals surface area contributed by atoms with Gasteiger partial charge in [-0.1, -0.05) is 12.1 Å².